The van der Waals surface area contributed by atoms with Crippen molar-refractivity contribution < 1.29 is 9.90 Å². The van der Waals surface area contributed by atoms with Crippen LogP contribution in [0.4, 0.5) is 5.69 Å². The summed E-state index contributed by atoms with van der Waals surface area (Å²) in [4.78, 5) is 26.4. The predicted molar refractivity (Wildman–Crippen MR) is 116 cm³/mol. The van der Waals surface area contributed by atoms with Crippen LogP contribution in [0.5, 0.6) is 0 Å². The summed E-state index contributed by atoms with van der Waals surface area (Å²) in [6.07, 6.45) is 0. The minimum Gasteiger partial charge on any atom is -0.481 e. The molecule has 0 amide bonds. The third kappa shape index (κ3) is 4.28. The molecule has 1 heterocycles. The van der Waals surface area contributed by atoms with Gasteiger partial charge in [0.25, 0.3) is 0 Å². The van der Waals surface area contributed by atoms with E-state index in [4.69, 9.17) is 5.11 Å². The first kappa shape index (κ1) is 19.1. The summed E-state index contributed by atoms with van der Waals surface area (Å²) in [6.45, 7) is 2.06. The molecule has 0 bridgehead atoms. The van der Waals surface area contributed by atoms with Gasteiger partial charge in [0.2, 0.25) is 0 Å². The van der Waals surface area contributed by atoms with Gasteiger partial charge < -0.3 is 10.5 Å². The van der Waals surface area contributed by atoms with E-state index in [-0.39, 0.29) is 5.75 Å². The SMILES string of the molecule is Cc1ccc2cc(-c3cc(N=O)cc(C4=NC(SCC(=O)O)NN4)c3)ccc2c1. The highest BCUT2D eigenvalue weighted by atomic mass is 32.2. The Morgan fingerprint density at radius 3 is 2.62 bits per heavy atom. The largest absolute Gasteiger partial charge is 0.481 e. The summed E-state index contributed by atoms with van der Waals surface area (Å²) in [6, 6.07) is 17.8. The van der Waals surface area contributed by atoms with Crippen molar-refractivity contribution in [3.05, 3.63) is 70.6 Å². The van der Waals surface area contributed by atoms with E-state index < -0.39 is 11.5 Å². The van der Waals surface area contributed by atoms with Crippen molar-refractivity contribution in [1.29, 1.82) is 0 Å². The lowest BCUT2D eigenvalue weighted by Gasteiger charge is -2.09. The highest BCUT2D eigenvalue weighted by molar-refractivity contribution is 8.00. The molecule has 4 rings (SSSR count). The van der Waals surface area contributed by atoms with Crippen LogP contribution in [0, 0.1) is 11.8 Å². The standard InChI is InChI=1S/C21H18N4O3S/c1-12-2-3-14-7-15(5-4-13(14)6-12)16-8-17(10-18(9-16)25-28)20-22-21(24-23-20)29-11-19(26)27/h2-10,21,24H,11H2,1H3,(H,22,23)(H,26,27). The number of fused-ring (bicyclic) bond motifs is 1. The average Bonchev–Trinajstić information content (AvgIpc) is 3.20. The molecule has 0 aromatic heterocycles. The van der Waals surface area contributed by atoms with Gasteiger partial charge in [-0.05, 0) is 58.3 Å². The second-order valence-electron chi connectivity index (χ2n) is 6.73. The molecule has 146 valence electrons. The Bertz CT molecular complexity index is 1150. The number of nitrogens with zero attached hydrogens (tertiary/aromatic N) is 2. The molecular formula is C21H18N4O3S. The van der Waals surface area contributed by atoms with E-state index >= 15 is 0 Å². The van der Waals surface area contributed by atoms with Crippen LogP contribution < -0.4 is 10.9 Å². The van der Waals surface area contributed by atoms with Gasteiger partial charge in [0, 0.05) is 5.56 Å². The summed E-state index contributed by atoms with van der Waals surface area (Å²) in [5.41, 5.74) is 9.49. The molecule has 1 aliphatic heterocycles. The van der Waals surface area contributed by atoms with Crippen molar-refractivity contribution in [3.8, 4) is 11.1 Å². The summed E-state index contributed by atoms with van der Waals surface area (Å²) in [5, 5.41) is 14.2. The van der Waals surface area contributed by atoms with Gasteiger partial charge in [0.1, 0.15) is 11.5 Å². The molecule has 1 aliphatic rings. The van der Waals surface area contributed by atoms with Gasteiger partial charge in [0.05, 0.1) is 5.75 Å². The fourth-order valence-corrected chi connectivity index (χ4v) is 3.82. The highest BCUT2D eigenvalue weighted by Crippen LogP contribution is 2.30. The number of carboxylic acid groups (broad SMARTS) is 1. The number of aliphatic imine (C=N–C) groups is 1. The monoisotopic (exact) mass is 406 g/mol. The van der Waals surface area contributed by atoms with Gasteiger partial charge in [-0.25, -0.2) is 10.4 Å². The fourth-order valence-electron chi connectivity index (χ4n) is 3.20. The highest BCUT2D eigenvalue weighted by Gasteiger charge is 2.20. The van der Waals surface area contributed by atoms with E-state index in [2.05, 4.69) is 58.3 Å². The lowest BCUT2D eigenvalue weighted by molar-refractivity contribution is -0.133. The Labute approximate surface area is 171 Å². The normalized spacial score (nSPS) is 15.8. The first-order chi connectivity index (χ1) is 14.0. The van der Waals surface area contributed by atoms with Crippen LogP contribution in [-0.4, -0.2) is 28.2 Å². The van der Waals surface area contributed by atoms with E-state index in [1.165, 1.54) is 5.56 Å². The number of benzene rings is 3. The zero-order valence-electron chi connectivity index (χ0n) is 15.5. The minimum absolute atomic E-state index is 0.0616. The molecule has 1 unspecified atom stereocenters. The second-order valence-corrected chi connectivity index (χ2v) is 7.80. The zero-order valence-corrected chi connectivity index (χ0v) is 16.4. The number of nitrogens with one attached hydrogen (secondary N) is 2. The number of aliphatic carboxylic acids is 1. The topological polar surface area (TPSA) is 103 Å². The summed E-state index contributed by atoms with van der Waals surface area (Å²) in [7, 11) is 0. The molecule has 0 aliphatic carbocycles. The molecule has 7 nitrogen and oxygen atoms in total. The van der Waals surface area contributed by atoms with Gasteiger partial charge in [-0.2, -0.15) is 0 Å². The number of nitroso groups, excluding NO2 is 1. The quantitative estimate of drug-likeness (QED) is 0.531. The van der Waals surface area contributed by atoms with E-state index in [9.17, 15) is 9.70 Å². The minimum atomic E-state index is -0.901. The molecule has 0 fully saturated rings. The van der Waals surface area contributed by atoms with Crippen molar-refractivity contribution in [1.82, 2.24) is 10.9 Å². The van der Waals surface area contributed by atoms with Crippen LogP contribution in [0.2, 0.25) is 0 Å². The predicted octanol–water partition coefficient (Wildman–Crippen LogP) is 4.17. The van der Waals surface area contributed by atoms with E-state index in [1.54, 1.807) is 12.1 Å². The molecule has 8 heteroatoms. The summed E-state index contributed by atoms with van der Waals surface area (Å²) in [5.74, 6) is -0.425. The van der Waals surface area contributed by atoms with Crippen LogP contribution in [0.15, 0.2) is 64.8 Å². The molecule has 3 aromatic rings. The molecule has 0 saturated carbocycles. The lowest BCUT2D eigenvalue weighted by Crippen LogP contribution is -2.34. The van der Waals surface area contributed by atoms with E-state index in [0.717, 1.165) is 33.7 Å². The molecular weight excluding hydrogens is 388 g/mol. The number of rotatable bonds is 6. The molecule has 0 radical (unpaired) electrons. The van der Waals surface area contributed by atoms with E-state index in [1.807, 2.05) is 12.1 Å². The molecule has 1 atom stereocenters. The number of hydrazine groups is 1. The maximum absolute atomic E-state index is 11.3. The Balaban J connectivity index is 1.69. The Morgan fingerprint density at radius 1 is 1.07 bits per heavy atom. The third-order valence-electron chi connectivity index (χ3n) is 4.55. The second kappa shape index (κ2) is 8.02. The summed E-state index contributed by atoms with van der Waals surface area (Å²) >= 11 is 1.16. The molecule has 3 aromatic carbocycles. The van der Waals surface area contributed by atoms with Gasteiger partial charge in [-0.15, -0.1) is 16.7 Å². The maximum atomic E-state index is 11.3. The maximum Gasteiger partial charge on any atom is 0.313 e. The summed E-state index contributed by atoms with van der Waals surface area (Å²) < 4.78 is 0. The van der Waals surface area contributed by atoms with Crippen molar-refractivity contribution in [3.63, 3.8) is 0 Å². The number of carbonyl (C=O) groups is 1. The smallest absolute Gasteiger partial charge is 0.313 e. The number of amidine groups is 1. The van der Waals surface area contributed by atoms with Gasteiger partial charge >= 0.3 is 5.97 Å². The number of hydrogen-bond donors (Lipinski definition) is 3. The lowest BCUT2D eigenvalue weighted by atomic mass is 9.98. The molecule has 0 spiro atoms. The molecule has 3 N–H and O–H groups in total. The number of aryl methyl sites for hydroxylation is 1. The van der Waals surface area contributed by atoms with Crippen LogP contribution in [0.1, 0.15) is 11.1 Å². The van der Waals surface area contributed by atoms with Crippen LogP contribution in [-0.2, 0) is 4.79 Å². The fraction of sp³-hybridized carbons (Fsp3) is 0.143. The Morgan fingerprint density at radius 2 is 1.83 bits per heavy atom. The van der Waals surface area contributed by atoms with Gasteiger partial charge in [0.15, 0.2) is 5.50 Å². The first-order valence-electron chi connectivity index (χ1n) is 8.94. The van der Waals surface area contributed by atoms with Crippen LogP contribution in [0.25, 0.3) is 21.9 Å². The average molecular weight is 406 g/mol. The first-order valence-corrected chi connectivity index (χ1v) is 9.99. The van der Waals surface area contributed by atoms with Crippen molar-refractivity contribution in [2.45, 2.75) is 12.4 Å². The molecule has 0 saturated heterocycles. The van der Waals surface area contributed by atoms with Gasteiger partial charge in [-0.1, -0.05) is 35.9 Å². The van der Waals surface area contributed by atoms with E-state index in [0.29, 0.717) is 17.1 Å². The van der Waals surface area contributed by atoms with Crippen molar-refractivity contribution >= 4 is 40.0 Å². The number of hydrogen-bond acceptors (Lipinski definition) is 7. The Kier molecular flexibility index (Phi) is 5.28. The Hall–Kier alpha value is -3.23. The van der Waals surface area contributed by atoms with Crippen LogP contribution >= 0.6 is 11.8 Å². The van der Waals surface area contributed by atoms with Crippen LogP contribution in [0.3, 0.4) is 0 Å². The third-order valence-corrected chi connectivity index (χ3v) is 5.50. The van der Waals surface area contributed by atoms with Crippen molar-refractivity contribution in [2.24, 2.45) is 10.2 Å². The number of thioether (sulfide) groups is 1. The van der Waals surface area contributed by atoms with Gasteiger partial charge in [-0.3, -0.25) is 4.79 Å². The van der Waals surface area contributed by atoms with Crippen molar-refractivity contribution in [2.75, 3.05) is 5.75 Å². The molecule has 29 heavy (non-hydrogen) atoms. The number of carboxylic acids is 1. The zero-order chi connectivity index (χ0) is 20.4.